The number of nitrogens with zero attached hydrogens (tertiary/aromatic N) is 3. The van der Waals surface area contributed by atoms with Gasteiger partial charge in [0.1, 0.15) is 5.82 Å². The molecule has 2 aromatic rings. The molecule has 1 aromatic heterocycles. The summed E-state index contributed by atoms with van der Waals surface area (Å²) in [4.78, 5) is 32.3. The van der Waals surface area contributed by atoms with Crippen molar-refractivity contribution < 1.29 is 14.3 Å². The van der Waals surface area contributed by atoms with Gasteiger partial charge in [-0.05, 0) is 23.6 Å². The van der Waals surface area contributed by atoms with Crippen molar-refractivity contribution >= 4 is 29.2 Å². The number of morpholine rings is 1. The molecule has 0 saturated carbocycles. The molecular weight excluding hydrogens is 404 g/mol. The first-order chi connectivity index (χ1) is 14.6. The number of carbonyl (C=O) groups is 2. The maximum Gasteiger partial charge on any atom is 0.255 e. The van der Waals surface area contributed by atoms with Gasteiger partial charge in [-0.15, -0.1) is 0 Å². The Morgan fingerprint density at radius 2 is 1.87 bits per heavy atom. The molecule has 30 heavy (non-hydrogen) atoms. The van der Waals surface area contributed by atoms with Crippen LogP contribution in [0.4, 0.5) is 5.82 Å². The van der Waals surface area contributed by atoms with Gasteiger partial charge < -0.3 is 19.9 Å². The number of likely N-dealkylation sites (tertiary alicyclic amines) is 1. The number of aromatic nitrogens is 1. The monoisotopic (exact) mass is 428 g/mol. The molecule has 0 unspecified atom stereocenters. The standard InChI is InChI=1S/C22H25ClN4O3/c23-19-12-18(22(29)26-8-10-30-11-9-26)14-25-21(19)24-13-16-3-5-17(6-4-16)15-27-7-1-2-20(27)28/h3-6,12,14H,1-2,7-11,13,15H2,(H,24,25). The summed E-state index contributed by atoms with van der Waals surface area (Å²) in [5.74, 6) is 0.699. The van der Waals surface area contributed by atoms with Crippen LogP contribution in [0.25, 0.3) is 0 Å². The highest BCUT2D eigenvalue weighted by molar-refractivity contribution is 6.33. The van der Waals surface area contributed by atoms with Crippen molar-refractivity contribution in [3.63, 3.8) is 0 Å². The number of rotatable bonds is 6. The summed E-state index contributed by atoms with van der Waals surface area (Å²) in [6.45, 7) is 4.34. The second-order valence-electron chi connectivity index (χ2n) is 7.55. The first-order valence-corrected chi connectivity index (χ1v) is 10.6. The van der Waals surface area contributed by atoms with Crippen molar-refractivity contribution in [1.82, 2.24) is 14.8 Å². The van der Waals surface area contributed by atoms with Gasteiger partial charge in [0, 0.05) is 45.3 Å². The first kappa shape index (κ1) is 20.6. The summed E-state index contributed by atoms with van der Waals surface area (Å²) in [5, 5.41) is 3.64. The quantitative estimate of drug-likeness (QED) is 0.765. The largest absolute Gasteiger partial charge is 0.378 e. The van der Waals surface area contributed by atoms with Crippen LogP contribution in [0.3, 0.4) is 0 Å². The molecule has 3 heterocycles. The van der Waals surface area contributed by atoms with Crippen molar-refractivity contribution in [2.24, 2.45) is 0 Å². The van der Waals surface area contributed by atoms with Gasteiger partial charge in [-0.2, -0.15) is 0 Å². The Kier molecular flexibility index (Phi) is 6.50. The number of ether oxygens (including phenoxy) is 1. The fraction of sp³-hybridized carbons (Fsp3) is 0.409. The normalized spacial score (nSPS) is 16.8. The third-order valence-corrected chi connectivity index (χ3v) is 5.70. The lowest BCUT2D eigenvalue weighted by molar-refractivity contribution is -0.128. The van der Waals surface area contributed by atoms with E-state index in [0.29, 0.717) is 62.2 Å². The van der Waals surface area contributed by atoms with E-state index in [9.17, 15) is 9.59 Å². The number of pyridine rings is 1. The van der Waals surface area contributed by atoms with Crippen LogP contribution in [0.1, 0.15) is 34.3 Å². The van der Waals surface area contributed by atoms with Crippen LogP contribution in [0.15, 0.2) is 36.5 Å². The summed E-state index contributed by atoms with van der Waals surface area (Å²) < 4.78 is 5.28. The molecule has 0 aliphatic carbocycles. The van der Waals surface area contributed by atoms with E-state index in [1.54, 1.807) is 17.2 Å². The molecule has 2 fully saturated rings. The fourth-order valence-corrected chi connectivity index (χ4v) is 3.91. The minimum Gasteiger partial charge on any atom is -0.378 e. The van der Waals surface area contributed by atoms with Crippen molar-refractivity contribution in [2.75, 3.05) is 38.2 Å². The molecule has 0 bridgehead atoms. The number of anilines is 1. The van der Waals surface area contributed by atoms with Crippen LogP contribution < -0.4 is 5.32 Å². The van der Waals surface area contributed by atoms with Crippen molar-refractivity contribution in [3.8, 4) is 0 Å². The lowest BCUT2D eigenvalue weighted by atomic mass is 10.1. The summed E-state index contributed by atoms with van der Waals surface area (Å²) >= 11 is 6.35. The van der Waals surface area contributed by atoms with Gasteiger partial charge >= 0.3 is 0 Å². The van der Waals surface area contributed by atoms with E-state index in [0.717, 1.165) is 24.1 Å². The molecule has 2 aliphatic heterocycles. The van der Waals surface area contributed by atoms with Gasteiger partial charge in [-0.1, -0.05) is 35.9 Å². The molecule has 1 N–H and O–H groups in total. The Labute approximate surface area is 181 Å². The molecule has 0 atom stereocenters. The van der Waals surface area contributed by atoms with E-state index in [1.807, 2.05) is 29.2 Å². The lowest BCUT2D eigenvalue weighted by Gasteiger charge is -2.26. The summed E-state index contributed by atoms with van der Waals surface area (Å²) in [6, 6.07) is 9.81. The zero-order chi connectivity index (χ0) is 20.9. The average molecular weight is 429 g/mol. The smallest absolute Gasteiger partial charge is 0.255 e. The molecule has 158 valence electrons. The van der Waals surface area contributed by atoms with Gasteiger partial charge in [0.25, 0.3) is 5.91 Å². The summed E-state index contributed by atoms with van der Waals surface area (Å²) in [5.41, 5.74) is 2.68. The molecule has 7 nitrogen and oxygen atoms in total. The molecule has 2 aliphatic rings. The second kappa shape index (κ2) is 9.45. The molecule has 0 radical (unpaired) electrons. The highest BCUT2D eigenvalue weighted by atomic mass is 35.5. The van der Waals surface area contributed by atoms with Gasteiger partial charge in [-0.3, -0.25) is 9.59 Å². The van der Waals surface area contributed by atoms with E-state index in [-0.39, 0.29) is 11.8 Å². The van der Waals surface area contributed by atoms with Gasteiger partial charge in [0.2, 0.25) is 5.91 Å². The molecular formula is C22H25ClN4O3. The predicted molar refractivity (Wildman–Crippen MR) is 114 cm³/mol. The summed E-state index contributed by atoms with van der Waals surface area (Å²) in [6.07, 6.45) is 3.17. The van der Waals surface area contributed by atoms with Crippen LogP contribution in [-0.2, 0) is 22.6 Å². The number of halogens is 1. The Bertz CT molecular complexity index is 913. The predicted octanol–water partition coefficient (Wildman–Crippen LogP) is 2.94. The minimum atomic E-state index is -0.0775. The van der Waals surface area contributed by atoms with Crippen LogP contribution in [0.5, 0.6) is 0 Å². The highest BCUT2D eigenvalue weighted by Gasteiger charge is 2.21. The maximum absolute atomic E-state index is 12.5. The van der Waals surface area contributed by atoms with Crippen molar-refractivity contribution in [1.29, 1.82) is 0 Å². The Balaban J connectivity index is 1.33. The maximum atomic E-state index is 12.5. The van der Waals surface area contributed by atoms with E-state index in [4.69, 9.17) is 16.3 Å². The molecule has 8 heteroatoms. The third-order valence-electron chi connectivity index (χ3n) is 5.41. The summed E-state index contributed by atoms with van der Waals surface area (Å²) in [7, 11) is 0. The molecule has 0 spiro atoms. The van der Waals surface area contributed by atoms with E-state index in [1.165, 1.54) is 0 Å². The second-order valence-corrected chi connectivity index (χ2v) is 7.96. The zero-order valence-corrected chi connectivity index (χ0v) is 17.5. The molecule has 2 amide bonds. The van der Waals surface area contributed by atoms with Crippen molar-refractivity contribution in [3.05, 3.63) is 58.2 Å². The minimum absolute atomic E-state index is 0.0775. The van der Waals surface area contributed by atoms with E-state index < -0.39 is 0 Å². The van der Waals surface area contributed by atoms with Crippen LogP contribution in [0, 0.1) is 0 Å². The van der Waals surface area contributed by atoms with E-state index >= 15 is 0 Å². The Morgan fingerprint density at radius 1 is 1.13 bits per heavy atom. The van der Waals surface area contributed by atoms with Gasteiger partial charge in [0.15, 0.2) is 0 Å². The Morgan fingerprint density at radius 3 is 2.53 bits per heavy atom. The molecule has 4 rings (SSSR count). The topological polar surface area (TPSA) is 74.8 Å². The number of hydrogen-bond acceptors (Lipinski definition) is 5. The van der Waals surface area contributed by atoms with Crippen LogP contribution >= 0.6 is 11.6 Å². The number of nitrogens with one attached hydrogen (secondary N) is 1. The Hall–Kier alpha value is -2.64. The van der Waals surface area contributed by atoms with Gasteiger partial charge in [0.05, 0.1) is 23.8 Å². The zero-order valence-electron chi connectivity index (χ0n) is 16.8. The van der Waals surface area contributed by atoms with Gasteiger partial charge in [-0.25, -0.2) is 4.98 Å². The first-order valence-electron chi connectivity index (χ1n) is 10.2. The highest BCUT2D eigenvalue weighted by Crippen LogP contribution is 2.22. The van der Waals surface area contributed by atoms with Crippen LogP contribution in [0.2, 0.25) is 5.02 Å². The third kappa shape index (κ3) is 4.91. The average Bonchev–Trinajstić information content (AvgIpc) is 3.18. The SMILES string of the molecule is O=C1CCCN1Cc1ccc(CNc2ncc(C(=O)N3CCOCC3)cc2Cl)cc1. The van der Waals surface area contributed by atoms with Crippen LogP contribution in [-0.4, -0.2) is 59.4 Å². The number of hydrogen-bond donors (Lipinski definition) is 1. The molecule has 1 aromatic carbocycles. The number of amides is 2. The number of benzene rings is 1. The lowest BCUT2D eigenvalue weighted by Crippen LogP contribution is -2.40. The number of carbonyl (C=O) groups excluding carboxylic acids is 2. The van der Waals surface area contributed by atoms with E-state index in [2.05, 4.69) is 10.3 Å². The fourth-order valence-electron chi connectivity index (χ4n) is 3.67. The molecule has 2 saturated heterocycles. The van der Waals surface area contributed by atoms with Crippen molar-refractivity contribution in [2.45, 2.75) is 25.9 Å².